The summed E-state index contributed by atoms with van der Waals surface area (Å²) in [5, 5.41) is 0. The first-order chi connectivity index (χ1) is 59.8. The second-order valence-electron chi connectivity index (χ2n) is 32.8. The second kappa shape index (κ2) is 31.8. The van der Waals surface area contributed by atoms with Gasteiger partial charge in [-0.1, -0.05) is 332 Å². The van der Waals surface area contributed by atoms with Gasteiger partial charge < -0.3 is 19.6 Å². The van der Waals surface area contributed by atoms with E-state index in [9.17, 15) is 0 Å². The van der Waals surface area contributed by atoms with E-state index in [0.29, 0.717) is 17.5 Å². The molecule has 0 spiro atoms. The van der Waals surface area contributed by atoms with E-state index in [-0.39, 0.29) is 16.2 Å². The molecule has 4 aliphatic heterocycles. The van der Waals surface area contributed by atoms with Gasteiger partial charge in [0.1, 0.15) is 0 Å². The lowest BCUT2D eigenvalue weighted by molar-refractivity contribution is 0.631. The minimum Gasteiger partial charge on any atom is -0.310 e. The van der Waals surface area contributed by atoms with Crippen molar-refractivity contribution in [2.24, 2.45) is 0 Å². The Balaban J connectivity index is 0.000000119. The van der Waals surface area contributed by atoms with Crippen molar-refractivity contribution in [1.29, 1.82) is 0 Å². The standard InChI is InChI=1S/C47H39N3.C33H22N4S.C32H26N2/c1-46(2)36-19-8-12-25-42(36)49(43-26-13-9-20-37(43)46)34-29-33(41-24-16-23-40(48-41)32-17-6-5-7-18-32)30-35(31-34)50-44-27-14-10-21-38(44)47(3,4)39-22-11-15-28-45(39)50;1-3-11-23(12-4-1)31-34-32(24-13-5-2-6-14-24)36-33(35-31)25-19-21-26(22-20-25)37-27-15-7-9-17-29(27)38-30-18-10-8-16-28(30)37;1-32(2)27-12-6-8-14-30(27)34(31-15-9-7-13-28(31)32)26-19-16-24(17-20-26)29-21-18-25(22-33-29)23-10-4-3-5-11-23/h5-31H,1-4H3;1-22H;3-22H,1-2H3. The number of para-hydroxylation sites is 8. The molecule has 586 valence electrons. The molecule has 0 radical (unpaired) electrons. The summed E-state index contributed by atoms with van der Waals surface area (Å²) >= 11 is 1.81. The third-order valence-corrected chi connectivity index (χ3v) is 25.4. The molecular weight excluding hydrogens is 1500 g/mol. The number of aromatic nitrogens is 5. The van der Waals surface area contributed by atoms with Gasteiger partial charge in [-0.2, -0.15) is 0 Å². The molecule has 15 aromatic carbocycles. The van der Waals surface area contributed by atoms with Crippen molar-refractivity contribution in [2.75, 3.05) is 19.6 Å². The maximum absolute atomic E-state index is 5.27. The van der Waals surface area contributed by atoms with Gasteiger partial charge in [-0.05, 0) is 172 Å². The maximum atomic E-state index is 5.27. The Morgan fingerprint density at radius 3 is 0.844 bits per heavy atom. The van der Waals surface area contributed by atoms with Crippen LogP contribution in [0.2, 0.25) is 0 Å². The number of pyridine rings is 2. The highest BCUT2D eigenvalue weighted by molar-refractivity contribution is 7.99. The average Bonchev–Trinajstić information content (AvgIpc) is 0.707. The summed E-state index contributed by atoms with van der Waals surface area (Å²) in [6, 6.07) is 146. The number of anilines is 12. The summed E-state index contributed by atoms with van der Waals surface area (Å²) in [4.78, 5) is 36.7. The third-order valence-electron chi connectivity index (χ3n) is 24.3. The van der Waals surface area contributed by atoms with Gasteiger partial charge in [0.2, 0.25) is 0 Å². The van der Waals surface area contributed by atoms with Crippen LogP contribution in [0, 0.1) is 0 Å². The molecule has 9 nitrogen and oxygen atoms in total. The molecule has 0 fully saturated rings. The Kier molecular flexibility index (Phi) is 19.8. The van der Waals surface area contributed by atoms with Crippen molar-refractivity contribution in [1.82, 2.24) is 24.9 Å². The molecule has 0 aliphatic carbocycles. The molecule has 4 aliphatic rings. The molecule has 0 N–H and O–H groups in total. The average molecular weight is 1590 g/mol. The van der Waals surface area contributed by atoms with Crippen LogP contribution in [-0.2, 0) is 16.2 Å². The first kappa shape index (κ1) is 75.9. The molecule has 7 heterocycles. The van der Waals surface area contributed by atoms with E-state index in [4.69, 9.17) is 24.9 Å². The summed E-state index contributed by atoms with van der Waals surface area (Å²) in [5.74, 6) is 1.98. The van der Waals surface area contributed by atoms with E-state index >= 15 is 0 Å². The van der Waals surface area contributed by atoms with E-state index in [2.05, 4.69) is 401 Å². The Hall–Kier alpha value is -14.8. The highest BCUT2D eigenvalue weighted by atomic mass is 32.2. The number of rotatable bonds is 11. The molecule has 0 amide bonds. The van der Waals surface area contributed by atoms with Gasteiger partial charge in [-0.25, -0.2) is 19.9 Å². The van der Waals surface area contributed by atoms with Gasteiger partial charge in [-0.3, -0.25) is 4.98 Å². The molecule has 0 saturated carbocycles. The lowest BCUT2D eigenvalue weighted by Crippen LogP contribution is -2.31. The minimum absolute atomic E-state index is 0.0476. The monoisotopic (exact) mass is 1590 g/mol. The molecule has 122 heavy (non-hydrogen) atoms. The SMILES string of the molecule is CC1(C)c2ccccc2N(c2cc(-c3cccc(-c4ccccc4)n3)cc(N3c4ccccc4C(C)(C)c4ccccc43)c2)c2ccccc21.CC1(C)c2ccccc2N(c2ccc(-c3ccc(-c4ccccc4)cn3)cc2)c2ccccc21.c1ccc(-c2nc(-c3ccccc3)nc(-c3ccc(N4c5ccccc5Sc5ccccc54)cc3)n2)cc1. The molecule has 0 bridgehead atoms. The topological polar surface area (TPSA) is 77.4 Å². The molecule has 10 heteroatoms. The van der Waals surface area contributed by atoms with Crippen LogP contribution < -0.4 is 19.6 Å². The van der Waals surface area contributed by atoms with Crippen molar-refractivity contribution in [3.05, 3.63) is 452 Å². The zero-order valence-corrected chi connectivity index (χ0v) is 69.6. The first-order valence-electron chi connectivity index (χ1n) is 41.7. The van der Waals surface area contributed by atoms with Gasteiger partial charge >= 0.3 is 0 Å². The zero-order chi connectivity index (χ0) is 82.5. The number of hydrogen-bond acceptors (Lipinski definition) is 10. The van der Waals surface area contributed by atoms with Crippen molar-refractivity contribution in [3.63, 3.8) is 0 Å². The largest absolute Gasteiger partial charge is 0.310 e. The van der Waals surface area contributed by atoms with Gasteiger partial charge in [0.05, 0.1) is 62.6 Å². The number of hydrogen-bond donors (Lipinski definition) is 0. The Morgan fingerprint density at radius 2 is 0.475 bits per heavy atom. The fraction of sp³-hybridized carbons (Fsp3) is 0.0804. The van der Waals surface area contributed by atoms with Crippen LogP contribution in [0.5, 0.6) is 0 Å². The molecule has 0 atom stereocenters. The van der Waals surface area contributed by atoms with Crippen LogP contribution in [-0.4, -0.2) is 24.9 Å². The van der Waals surface area contributed by atoms with Gasteiger partial charge in [0.15, 0.2) is 17.5 Å². The van der Waals surface area contributed by atoms with E-state index < -0.39 is 0 Å². The summed E-state index contributed by atoms with van der Waals surface area (Å²) in [6.45, 7) is 14.0. The number of benzene rings is 15. The first-order valence-corrected chi connectivity index (χ1v) is 42.5. The summed E-state index contributed by atoms with van der Waals surface area (Å²) in [6.07, 6.45) is 1.96. The van der Waals surface area contributed by atoms with E-state index in [1.165, 1.54) is 94.2 Å². The maximum Gasteiger partial charge on any atom is 0.164 e. The van der Waals surface area contributed by atoms with Gasteiger partial charge in [0.25, 0.3) is 0 Å². The van der Waals surface area contributed by atoms with E-state index in [1.54, 1.807) is 0 Å². The van der Waals surface area contributed by atoms with Crippen molar-refractivity contribution in [3.8, 4) is 79.1 Å². The number of fused-ring (bicyclic) bond motifs is 8. The quantitative estimate of drug-likeness (QED) is 0.125. The van der Waals surface area contributed by atoms with Crippen LogP contribution in [0.1, 0.15) is 74.9 Å². The van der Waals surface area contributed by atoms with Crippen LogP contribution in [0.4, 0.5) is 68.2 Å². The lowest BCUT2D eigenvalue weighted by atomic mass is 9.73. The van der Waals surface area contributed by atoms with Crippen molar-refractivity contribution >= 4 is 80.0 Å². The van der Waals surface area contributed by atoms with Crippen LogP contribution in [0.3, 0.4) is 0 Å². The Labute approximate surface area is 718 Å². The second-order valence-corrected chi connectivity index (χ2v) is 33.9. The highest BCUT2D eigenvalue weighted by Crippen LogP contribution is 2.58. The summed E-state index contributed by atoms with van der Waals surface area (Å²) in [7, 11) is 0. The van der Waals surface area contributed by atoms with Crippen LogP contribution in [0.15, 0.2) is 429 Å². The number of nitrogens with zero attached hydrogens (tertiary/aromatic N) is 9. The van der Waals surface area contributed by atoms with Gasteiger partial charge in [0, 0.05) is 93.9 Å². The zero-order valence-electron chi connectivity index (χ0n) is 68.8. The smallest absolute Gasteiger partial charge is 0.164 e. The van der Waals surface area contributed by atoms with Crippen molar-refractivity contribution < 1.29 is 0 Å². The predicted octanol–water partition coefficient (Wildman–Crippen LogP) is 30.0. The van der Waals surface area contributed by atoms with Crippen molar-refractivity contribution in [2.45, 2.75) is 67.6 Å². The lowest BCUT2D eigenvalue weighted by Gasteiger charge is -2.43. The highest BCUT2D eigenvalue weighted by Gasteiger charge is 2.41. The normalized spacial score (nSPS) is 13.8. The molecule has 0 unspecified atom stereocenters. The van der Waals surface area contributed by atoms with E-state index in [1.807, 2.05) is 90.8 Å². The predicted molar refractivity (Wildman–Crippen MR) is 506 cm³/mol. The van der Waals surface area contributed by atoms with Crippen LogP contribution >= 0.6 is 11.8 Å². The molecular formula is C112H87N9S. The fourth-order valence-corrected chi connectivity index (χ4v) is 19.1. The summed E-state index contributed by atoms with van der Waals surface area (Å²) < 4.78 is 0. The molecule has 3 aromatic heterocycles. The van der Waals surface area contributed by atoms with Crippen LogP contribution in [0.25, 0.3) is 79.1 Å². The van der Waals surface area contributed by atoms with Gasteiger partial charge in [-0.15, -0.1) is 0 Å². The molecule has 0 saturated heterocycles. The minimum atomic E-state index is -0.147. The summed E-state index contributed by atoms with van der Waals surface area (Å²) in [5.41, 5.74) is 33.0. The molecule has 18 aromatic rings. The third kappa shape index (κ3) is 14.0. The Morgan fingerprint density at radius 1 is 0.197 bits per heavy atom. The Bertz CT molecular complexity index is 6520. The molecule has 22 rings (SSSR count). The van der Waals surface area contributed by atoms with E-state index in [0.717, 1.165) is 78.8 Å². The fourth-order valence-electron chi connectivity index (χ4n) is 18.0.